The molecule has 0 radical (unpaired) electrons. The Morgan fingerprint density at radius 3 is 2.47 bits per heavy atom. The molecule has 1 aliphatic heterocycles. The second kappa shape index (κ2) is 4.24. The van der Waals surface area contributed by atoms with Crippen LogP contribution in [0.2, 0.25) is 0 Å². The molecule has 1 saturated heterocycles. The maximum atomic E-state index is 11.8. The monoisotopic (exact) mass is 222 g/mol. The van der Waals surface area contributed by atoms with Crippen LogP contribution < -0.4 is 5.73 Å². The van der Waals surface area contributed by atoms with Crippen LogP contribution in [0, 0.1) is 0 Å². The molecule has 0 bridgehead atoms. The van der Waals surface area contributed by atoms with Crippen LogP contribution in [0.1, 0.15) is 10.4 Å². The van der Waals surface area contributed by atoms with Crippen molar-refractivity contribution in [2.45, 2.75) is 10.9 Å². The van der Waals surface area contributed by atoms with Crippen LogP contribution in [0.4, 0.5) is 0 Å². The van der Waals surface area contributed by atoms with Crippen molar-refractivity contribution >= 4 is 17.7 Å². The SMILES string of the molecule is CSc1ccc(C(=O)N2CC(N)C2)cc1. The topological polar surface area (TPSA) is 46.3 Å². The van der Waals surface area contributed by atoms with E-state index in [2.05, 4.69) is 0 Å². The lowest BCUT2D eigenvalue weighted by Gasteiger charge is -2.36. The van der Waals surface area contributed by atoms with Gasteiger partial charge in [-0.2, -0.15) is 0 Å². The third kappa shape index (κ3) is 2.16. The Morgan fingerprint density at radius 1 is 1.40 bits per heavy atom. The summed E-state index contributed by atoms with van der Waals surface area (Å²) in [5.41, 5.74) is 6.38. The number of amides is 1. The van der Waals surface area contributed by atoms with Crippen LogP contribution in [0.5, 0.6) is 0 Å². The summed E-state index contributed by atoms with van der Waals surface area (Å²) in [6.07, 6.45) is 2.02. The molecule has 0 spiro atoms. The van der Waals surface area contributed by atoms with Crippen molar-refractivity contribution in [3.8, 4) is 0 Å². The van der Waals surface area contributed by atoms with Gasteiger partial charge in [-0.15, -0.1) is 11.8 Å². The van der Waals surface area contributed by atoms with Crippen LogP contribution in [0.3, 0.4) is 0 Å². The average Bonchev–Trinajstić information content (AvgIpc) is 2.24. The van der Waals surface area contributed by atoms with E-state index in [4.69, 9.17) is 5.73 Å². The highest BCUT2D eigenvalue weighted by molar-refractivity contribution is 7.98. The lowest BCUT2D eigenvalue weighted by atomic mass is 10.1. The molecular formula is C11H14N2OS. The molecule has 1 amide bonds. The van der Waals surface area contributed by atoms with Gasteiger partial charge in [0, 0.05) is 29.6 Å². The van der Waals surface area contributed by atoms with Gasteiger partial charge in [0.1, 0.15) is 0 Å². The molecule has 1 fully saturated rings. The summed E-state index contributed by atoms with van der Waals surface area (Å²) in [7, 11) is 0. The number of carbonyl (C=O) groups excluding carboxylic acids is 1. The summed E-state index contributed by atoms with van der Waals surface area (Å²) in [4.78, 5) is 14.8. The number of likely N-dealkylation sites (tertiary alicyclic amines) is 1. The number of hydrogen-bond acceptors (Lipinski definition) is 3. The fraction of sp³-hybridized carbons (Fsp3) is 0.364. The normalized spacial score (nSPS) is 16.3. The van der Waals surface area contributed by atoms with Gasteiger partial charge < -0.3 is 10.6 Å². The molecule has 4 heteroatoms. The predicted molar refractivity (Wildman–Crippen MR) is 62.1 cm³/mol. The number of thioether (sulfide) groups is 1. The summed E-state index contributed by atoms with van der Waals surface area (Å²) in [6, 6.07) is 7.85. The fourth-order valence-electron chi connectivity index (χ4n) is 1.59. The first-order chi connectivity index (χ1) is 7.20. The van der Waals surface area contributed by atoms with Crippen LogP contribution in [0.15, 0.2) is 29.2 Å². The van der Waals surface area contributed by atoms with E-state index >= 15 is 0 Å². The van der Waals surface area contributed by atoms with E-state index in [0.717, 1.165) is 5.56 Å². The molecule has 0 unspecified atom stereocenters. The van der Waals surface area contributed by atoms with Crippen LogP contribution in [-0.4, -0.2) is 36.2 Å². The first-order valence-corrected chi connectivity index (χ1v) is 6.12. The van der Waals surface area contributed by atoms with Gasteiger partial charge >= 0.3 is 0 Å². The minimum Gasteiger partial charge on any atom is -0.335 e. The zero-order valence-corrected chi connectivity index (χ0v) is 9.46. The molecule has 1 aromatic carbocycles. The molecule has 1 aromatic rings. The molecular weight excluding hydrogens is 208 g/mol. The summed E-state index contributed by atoms with van der Waals surface area (Å²) in [6.45, 7) is 1.37. The molecule has 0 saturated carbocycles. The largest absolute Gasteiger partial charge is 0.335 e. The fourth-order valence-corrected chi connectivity index (χ4v) is 2.00. The van der Waals surface area contributed by atoms with Crippen molar-refractivity contribution in [1.82, 2.24) is 4.90 Å². The number of rotatable bonds is 2. The van der Waals surface area contributed by atoms with Crippen molar-refractivity contribution < 1.29 is 4.79 Å². The maximum absolute atomic E-state index is 11.8. The van der Waals surface area contributed by atoms with Crippen molar-refractivity contribution in [1.29, 1.82) is 0 Å². The molecule has 1 heterocycles. The lowest BCUT2D eigenvalue weighted by molar-refractivity contribution is 0.0608. The Kier molecular flexibility index (Phi) is 2.98. The zero-order valence-electron chi connectivity index (χ0n) is 8.64. The van der Waals surface area contributed by atoms with Gasteiger partial charge in [-0.05, 0) is 30.5 Å². The molecule has 2 rings (SSSR count). The Morgan fingerprint density at radius 2 is 2.00 bits per heavy atom. The number of hydrogen-bond donors (Lipinski definition) is 1. The zero-order chi connectivity index (χ0) is 10.8. The van der Waals surface area contributed by atoms with Crippen molar-refractivity contribution in [2.24, 2.45) is 5.73 Å². The van der Waals surface area contributed by atoms with Crippen molar-refractivity contribution in [3.63, 3.8) is 0 Å². The van der Waals surface area contributed by atoms with Crippen LogP contribution in [0.25, 0.3) is 0 Å². The summed E-state index contributed by atoms with van der Waals surface area (Å²) in [5.74, 6) is 0.0874. The quantitative estimate of drug-likeness (QED) is 0.765. The molecule has 80 valence electrons. The summed E-state index contributed by atoms with van der Waals surface area (Å²) < 4.78 is 0. The number of nitrogens with two attached hydrogens (primary N) is 1. The average molecular weight is 222 g/mol. The summed E-state index contributed by atoms with van der Waals surface area (Å²) in [5, 5.41) is 0. The van der Waals surface area contributed by atoms with E-state index in [1.807, 2.05) is 30.5 Å². The maximum Gasteiger partial charge on any atom is 0.253 e. The first-order valence-electron chi connectivity index (χ1n) is 4.89. The third-order valence-corrected chi connectivity index (χ3v) is 3.28. The van der Waals surface area contributed by atoms with E-state index in [-0.39, 0.29) is 11.9 Å². The van der Waals surface area contributed by atoms with Crippen LogP contribution >= 0.6 is 11.8 Å². The van der Waals surface area contributed by atoms with Crippen molar-refractivity contribution in [2.75, 3.05) is 19.3 Å². The minimum atomic E-state index is 0.0874. The number of benzene rings is 1. The molecule has 0 aromatic heterocycles. The standard InChI is InChI=1S/C11H14N2OS/c1-15-10-4-2-8(3-5-10)11(14)13-6-9(12)7-13/h2-5,9H,6-7,12H2,1H3. The molecule has 0 aliphatic carbocycles. The molecule has 2 N–H and O–H groups in total. The van der Waals surface area contributed by atoms with Gasteiger partial charge in [-0.1, -0.05) is 0 Å². The van der Waals surface area contributed by atoms with E-state index in [9.17, 15) is 4.79 Å². The van der Waals surface area contributed by atoms with Gasteiger partial charge in [0.25, 0.3) is 5.91 Å². The van der Waals surface area contributed by atoms with Gasteiger partial charge in [0.05, 0.1) is 0 Å². The number of carbonyl (C=O) groups is 1. The van der Waals surface area contributed by atoms with Crippen LogP contribution in [-0.2, 0) is 0 Å². The Hall–Kier alpha value is -1.00. The van der Waals surface area contributed by atoms with E-state index in [1.54, 1.807) is 16.7 Å². The van der Waals surface area contributed by atoms with Gasteiger partial charge in [-0.3, -0.25) is 4.79 Å². The van der Waals surface area contributed by atoms with Crippen molar-refractivity contribution in [3.05, 3.63) is 29.8 Å². The van der Waals surface area contributed by atoms with Gasteiger partial charge in [0.15, 0.2) is 0 Å². The molecule has 1 aliphatic rings. The van der Waals surface area contributed by atoms with E-state index < -0.39 is 0 Å². The highest BCUT2D eigenvalue weighted by Crippen LogP contribution is 2.17. The van der Waals surface area contributed by atoms with E-state index in [1.165, 1.54) is 4.90 Å². The molecule has 15 heavy (non-hydrogen) atoms. The first kappa shape index (κ1) is 10.5. The third-order valence-electron chi connectivity index (χ3n) is 2.53. The second-order valence-corrected chi connectivity index (χ2v) is 4.58. The Bertz CT molecular complexity index is 357. The second-order valence-electron chi connectivity index (χ2n) is 3.70. The minimum absolute atomic E-state index is 0.0874. The highest BCUT2D eigenvalue weighted by atomic mass is 32.2. The molecule has 3 nitrogen and oxygen atoms in total. The van der Waals surface area contributed by atoms with Gasteiger partial charge in [-0.25, -0.2) is 0 Å². The highest BCUT2D eigenvalue weighted by Gasteiger charge is 2.28. The lowest BCUT2D eigenvalue weighted by Crippen LogP contribution is -2.57. The Balaban J connectivity index is 2.06. The Labute approximate surface area is 93.6 Å². The molecule has 0 atom stereocenters. The summed E-state index contributed by atoms with van der Waals surface area (Å²) >= 11 is 1.67. The smallest absolute Gasteiger partial charge is 0.253 e. The van der Waals surface area contributed by atoms with Gasteiger partial charge in [0.2, 0.25) is 0 Å². The number of nitrogens with zero attached hydrogens (tertiary/aromatic N) is 1. The predicted octanol–water partition coefficient (Wildman–Crippen LogP) is 1.19. The van der Waals surface area contributed by atoms with E-state index in [0.29, 0.717) is 13.1 Å².